The van der Waals surface area contributed by atoms with E-state index in [1.807, 2.05) is 42.6 Å². The quantitative estimate of drug-likeness (QED) is 0.567. The van der Waals surface area contributed by atoms with Crippen molar-refractivity contribution in [3.05, 3.63) is 99.6 Å². The van der Waals surface area contributed by atoms with E-state index in [1.165, 1.54) is 6.07 Å². The molecule has 0 N–H and O–H groups in total. The number of fused-ring (bicyclic) bond motifs is 2. The molecule has 0 spiro atoms. The Bertz CT molecular complexity index is 946. The fraction of sp³-hybridized carbons (Fsp3) is 0.0952. The van der Waals surface area contributed by atoms with Gasteiger partial charge in [-0.2, -0.15) is 0 Å². The summed E-state index contributed by atoms with van der Waals surface area (Å²) >= 11 is 6.12. The maximum atomic E-state index is 13.7. The summed E-state index contributed by atoms with van der Waals surface area (Å²) in [5, 5.41) is 0.698. The Morgan fingerprint density at radius 2 is 1.88 bits per heavy atom. The second-order valence-electron chi connectivity index (χ2n) is 5.91. The number of halogens is 2. The second kappa shape index (κ2) is 6.21. The molecule has 0 unspecified atom stereocenters. The van der Waals surface area contributed by atoms with Gasteiger partial charge in [0.2, 0.25) is 0 Å². The molecule has 0 fully saturated rings. The monoisotopic (exact) mass is 335 g/mol. The largest absolute Gasteiger partial charge is 0.261 e. The minimum absolute atomic E-state index is 0.199. The summed E-state index contributed by atoms with van der Waals surface area (Å²) in [5.74, 6) is -0.199. The second-order valence-corrected chi connectivity index (χ2v) is 6.35. The molecule has 1 aliphatic carbocycles. The lowest BCUT2D eigenvalue weighted by atomic mass is 9.93. The van der Waals surface area contributed by atoms with Crippen LogP contribution in [0.25, 0.3) is 11.6 Å². The highest BCUT2D eigenvalue weighted by atomic mass is 35.5. The number of aryl methyl sites for hydroxylation is 2. The van der Waals surface area contributed by atoms with E-state index in [0.717, 1.165) is 46.4 Å². The summed E-state index contributed by atoms with van der Waals surface area (Å²) in [6.07, 6.45) is 5.50. The third kappa shape index (κ3) is 2.85. The summed E-state index contributed by atoms with van der Waals surface area (Å²) in [6.45, 7) is 0. The molecule has 118 valence electrons. The summed E-state index contributed by atoms with van der Waals surface area (Å²) < 4.78 is 13.7. The van der Waals surface area contributed by atoms with Crippen LogP contribution in [0, 0.1) is 5.82 Å². The van der Waals surface area contributed by atoms with Crippen molar-refractivity contribution in [3.8, 4) is 0 Å². The van der Waals surface area contributed by atoms with E-state index in [9.17, 15) is 4.39 Å². The van der Waals surface area contributed by atoms with Crippen LogP contribution < -0.4 is 0 Å². The number of hydrogen-bond acceptors (Lipinski definition) is 1. The smallest absolute Gasteiger partial charge is 0.123 e. The molecule has 1 aromatic heterocycles. The van der Waals surface area contributed by atoms with Crippen molar-refractivity contribution in [2.24, 2.45) is 0 Å². The number of hydrogen-bond donors (Lipinski definition) is 0. The highest BCUT2D eigenvalue weighted by molar-refractivity contribution is 6.30. The molecule has 0 bridgehead atoms. The van der Waals surface area contributed by atoms with Gasteiger partial charge in [0, 0.05) is 22.5 Å². The van der Waals surface area contributed by atoms with Gasteiger partial charge in [-0.25, -0.2) is 4.39 Å². The highest BCUT2D eigenvalue weighted by Crippen LogP contribution is 2.34. The standard InChI is InChI=1S/C21H15ClFN/c22-16-4-1-3-14(11-16)12-20-18-8-7-17(23)13-15(18)6-9-21-19(20)5-2-10-24-21/h1-5,7-8,10-13H,6,9H2/b20-12+. The van der Waals surface area contributed by atoms with E-state index < -0.39 is 0 Å². The van der Waals surface area contributed by atoms with E-state index in [1.54, 1.807) is 6.07 Å². The van der Waals surface area contributed by atoms with Crippen LogP contribution in [0.2, 0.25) is 5.02 Å². The molecular formula is C21H15ClFN. The van der Waals surface area contributed by atoms with Gasteiger partial charge in [0.1, 0.15) is 5.82 Å². The molecule has 0 saturated heterocycles. The Morgan fingerprint density at radius 1 is 0.958 bits per heavy atom. The summed E-state index contributed by atoms with van der Waals surface area (Å²) in [4.78, 5) is 4.53. The van der Waals surface area contributed by atoms with E-state index >= 15 is 0 Å². The van der Waals surface area contributed by atoms with E-state index in [2.05, 4.69) is 17.1 Å². The third-order valence-electron chi connectivity index (χ3n) is 4.33. The molecule has 1 aliphatic rings. The molecular weight excluding hydrogens is 321 g/mol. The molecule has 0 aliphatic heterocycles. The van der Waals surface area contributed by atoms with Crippen molar-refractivity contribution in [2.75, 3.05) is 0 Å². The minimum Gasteiger partial charge on any atom is -0.261 e. The normalized spacial score (nSPS) is 14.8. The van der Waals surface area contributed by atoms with Crippen molar-refractivity contribution in [3.63, 3.8) is 0 Å². The molecule has 3 heteroatoms. The van der Waals surface area contributed by atoms with Crippen LogP contribution in [0.1, 0.15) is 27.9 Å². The van der Waals surface area contributed by atoms with Crippen LogP contribution >= 0.6 is 11.6 Å². The molecule has 4 rings (SSSR count). The predicted molar refractivity (Wildman–Crippen MR) is 96.5 cm³/mol. The van der Waals surface area contributed by atoms with Crippen LogP contribution in [-0.2, 0) is 12.8 Å². The lowest BCUT2D eigenvalue weighted by Gasteiger charge is -2.12. The lowest BCUT2D eigenvalue weighted by Crippen LogP contribution is -1.95. The summed E-state index contributed by atoms with van der Waals surface area (Å²) in [6, 6.07) is 16.8. The average molecular weight is 336 g/mol. The number of nitrogens with zero attached hydrogens (tertiary/aromatic N) is 1. The Balaban J connectivity index is 1.97. The highest BCUT2D eigenvalue weighted by Gasteiger charge is 2.19. The van der Waals surface area contributed by atoms with Gasteiger partial charge in [-0.05, 0) is 71.5 Å². The lowest BCUT2D eigenvalue weighted by molar-refractivity contribution is 0.625. The van der Waals surface area contributed by atoms with Gasteiger partial charge in [-0.15, -0.1) is 0 Å². The zero-order chi connectivity index (χ0) is 16.5. The van der Waals surface area contributed by atoms with E-state index in [0.29, 0.717) is 5.02 Å². The summed E-state index contributed by atoms with van der Waals surface area (Å²) in [5.41, 5.74) is 6.30. The number of pyridine rings is 1. The van der Waals surface area contributed by atoms with Gasteiger partial charge in [0.25, 0.3) is 0 Å². The van der Waals surface area contributed by atoms with Crippen molar-refractivity contribution >= 4 is 23.3 Å². The Labute approximate surface area is 145 Å². The Morgan fingerprint density at radius 3 is 2.75 bits per heavy atom. The third-order valence-corrected chi connectivity index (χ3v) is 4.56. The Hall–Kier alpha value is -2.45. The number of aromatic nitrogens is 1. The molecule has 1 heterocycles. The van der Waals surface area contributed by atoms with Gasteiger partial charge >= 0.3 is 0 Å². The van der Waals surface area contributed by atoms with Gasteiger partial charge in [-0.1, -0.05) is 35.9 Å². The molecule has 3 aromatic rings. The molecule has 2 aromatic carbocycles. The Kier molecular flexibility index (Phi) is 3.91. The molecule has 0 radical (unpaired) electrons. The minimum atomic E-state index is -0.199. The van der Waals surface area contributed by atoms with Gasteiger partial charge in [0.15, 0.2) is 0 Å². The number of rotatable bonds is 1. The summed E-state index contributed by atoms with van der Waals surface area (Å²) in [7, 11) is 0. The van der Waals surface area contributed by atoms with Crippen molar-refractivity contribution in [1.29, 1.82) is 0 Å². The number of benzene rings is 2. The van der Waals surface area contributed by atoms with Crippen LogP contribution in [0.15, 0.2) is 60.8 Å². The van der Waals surface area contributed by atoms with Crippen LogP contribution in [0.4, 0.5) is 4.39 Å². The molecule has 0 atom stereocenters. The van der Waals surface area contributed by atoms with Gasteiger partial charge in [-0.3, -0.25) is 4.98 Å². The zero-order valence-corrected chi connectivity index (χ0v) is 13.7. The first-order valence-corrected chi connectivity index (χ1v) is 8.29. The first-order chi connectivity index (χ1) is 11.7. The predicted octanol–water partition coefficient (Wildman–Crippen LogP) is 5.56. The molecule has 24 heavy (non-hydrogen) atoms. The van der Waals surface area contributed by atoms with Crippen LogP contribution in [0.3, 0.4) is 0 Å². The topological polar surface area (TPSA) is 12.9 Å². The average Bonchev–Trinajstić information content (AvgIpc) is 2.73. The van der Waals surface area contributed by atoms with E-state index in [4.69, 9.17) is 11.6 Å². The van der Waals surface area contributed by atoms with Crippen LogP contribution in [-0.4, -0.2) is 4.98 Å². The first-order valence-electron chi connectivity index (χ1n) is 7.91. The molecule has 0 saturated carbocycles. The van der Waals surface area contributed by atoms with E-state index in [-0.39, 0.29) is 5.82 Å². The first kappa shape index (κ1) is 15.1. The van der Waals surface area contributed by atoms with Crippen molar-refractivity contribution in [2.45, 2.75) is 12.8 Å². The van der Waals surface area contributed by atoms with Crippen molar-refractivity contribution < 1.29 is 4.39 Å². The fourth-order valence-electron chi connectivity index (χ4n) is 3.23. The fourth-order valence-corrected chi connectivity index (χ4v) is 3.43. The van der Waals surface area contributed by atoms with Crippen molar-refractivity contribution in [1.82, 2.24) is 4.98 Å². The van der Waals surface area contributed by atoms with Gasteiger partial charge in [0.05, 0.1) is 0 Å². The van der Waals surface area contributed by atoms with Gasteiger partial charge < -0.3 is 0 Å². The van der Waals surface area contributed by atoms with Crippen LogP contribution in [0.5, 0.6) is 0 Å². The molecule has 1 nitrogen and oxygen atoms in total. The zero-order valence-electron chi connectivity index (χ0n) is 13.0. The maximum absolute atomic E-state index is 13.7. The maximum Gasteiger partial charge on any atom is 0.123 e. The molecule has 0 amide bonds. The SMILES string of the molecule is Fc1ccc2c(c1)CCc1ncccc1/C2=C/c1cccc(Cl)c1.